The van der Waals surface area contributed by atoms with Gasteiger partial charge in [0.25, 0.3) is 0 Å². The van der Waals surface area contributed by atoms with E-state index in [0.29, 0.717) is 0 Å². The molecule has 1 saturated heterocycles. The molecule has 0 aromatic heterocycles. The molecule has 0 atom stereocenters. The van der Waals surface area contributed by atoms with E-state index in [1.54, 1.807) is 0 Å². The number of nitrogens with zero attached hydrogens (tertiary/aromatic N) is 1. The number of piperidine rings is 1. The Hall–Kier alpha value is -2.24. The summed E-state index contributed by atoms with van der Waals surface area (Å²) >= 11 is 0. The highest BCUT2D eigenvalue weighted by atomic mass is 15.1. The van der Waals surface area contributed by atoms with Crippen LogP contribution < -0.4 is 5.73 Å². The van der Waals surface area contributed by atoms with Crippen LogP contribution in [0.15, 0.2) is 54.6 Å². The number of nitrogens with two attached hydrogens (primary N) is 1. The lowest BCUT2D eigenvalue weighted by Gasteiger charge is -2.31. The van der Waals surface area contributed by atoms with Crippen molar-refractivity contribution in [2.75, 3.05) is 25.4 Å². The molecule has 2 aromatic rings. The van der Waals surface area contributed by atoms with E-state index in [9.17, 15) is 0 Å². The van der Waals surface area contributed by atoms with Crippen molar-refractivity contribution in [2.45, 2.75) is 25.2 Å². The standard InChI is InChI=1S/C21H24N2/c22-21-12-5-4-10-20(21)11-6-7-15-23-16-13-19(14-17-23)18-8-2-1-3-9-18/h1-5,8-10,12,19H,7,13-17,22H2. The van der Waals surface area contributed by atoms with Crippen LogP contribution in [0.25, 0.3) is 0 Å². The first-order valence-corrected chi connectivity index (χ1v) is 8.43. The molecular formula is C21H24N2. The summed E-state index contributed by atoms with van der Waals surface area (Å²) in [7, 11) is 0. The van der Waals surface area contributed by atoms with E-state index in [2.05, 4.69) is 47.1 Å². The van der Waals surface area contributed by atoms with Crippen LogP contribution >= 0.6 is 0 Å². The largest absolute Gasteiger partial charge is 0.398 e. The highest BCUT2D eigenvalue weighted by Crippen LogP contribution is 2.27. The topological polar surface area (TPSA) is 29.3 Å². The SMILES string of the molecule is Nc1ccccc1C#CCCN1CCC(c2ccccc2)CC1. The predicted octanol–water partition coefficient (Wildman–Crippen LogP) is 3.89. The number of likely N-dealkylation sites (tertiary alicyclic amines) is 1. The van der Waals surface area contributed by atoms with Crippen molar-refractivity contribution in [1.82, 2.24) is 4.90 Å². The highest BCUT2D eigenvalue weighted by Gasteiger charge is 2.19. The third-order valence-electron chi connectivity index (χ3n) is 4.60. The molecule has 1 heterocycles. The fraction of sp³-hybridized carbons (Fsp3) is 0.333. The first-order chi connectivity index (χ1) is 11.3. The van der Waals surface area contributed by atoms with E-state index < -0.39 is 0 Å². The molecule has 0 bridgehead atoms. The Balaban J connectivity index is 1.44. The van der Waals surface area contributed by atoms with Gasteiger partial charge in [-0.25, -0.2) is 0 Å². The van der Waals surface area contributed by atoms with Gasteiger partial charge >= 0.3 is 0 Å². The van der Waals surface area contributed by atoms with Crippen molar-refractivity contribution in [3.8, 4) is 11.8 Å². The zero-order chi connectivity index (χ0) is 15.9. The molecule has 0 saturated carbocycles. The van der Waals surface area contributed by atoms with Crippen LogP contribution in [0.3, 0.4) is 0 Å². The molecule has 0 unspecified atom stereocenters. The molecule has 2 nitrogen and oxygen atoms in total. The monoisotopic (exact) mass is 304 g/mol. The maximum atomic E-state index is 5.90. The van der Waals surface area contributed by atoms with Crippen molar-refractivity contribution < 1.29 is 0 Å². The summed E-state index contributed by atoms with van der Waals surface area (Å²) in [6.07, 6.45) is 3.41. The number of anilines is 1. The average Bonchev–Trinajstić information content (AvgIpc) is 2.61. The van der Waals surface area contributed by atoms with E-state index >= 15 is 0 Å². The zero-order valence-corrected chi connectivity index (χ0v) is 13.5. The minimum atomic E-state index is 0.725. The minimum absolute atomic E-state index is 0.725. The van der Waals surface area contributed by atoms with Gasteiger partial charge < -0.3 is 10.6 Å². The lowest BCUT2D eigenvalue weighted by atomic mass is 9.89. The van der Waals surface area contributed by atoms with Crippen LogP contribution in [-0.4, -0.2) is 24.5 Å². The van der Waals surface area contributed by atoms with E-state index in [1.165, 1.54) is 31.5 Å². The summed E-state index contributed by atoms with van der Waals surface area (Å²) in [6.45, 7) is 3.41. The molecule has 3 rings (SSSR count). The molecule has 23 heavy (non-hydrogen) atoms. The van der Waals surface area contributed by atoms with E-state index in [-0.39, 0.29) is 0 Å². The highest BCUT2D eigenvalue weighted by molar-refractivity contribution is 5.55. The molecular weight excluding hydrogens is 280 g/mol. The lowest BCUT2D eigenvalue weighted by Crippen LogP contribution is -2.33. The summed E-state index contributed by atoms with van der Waals surface area (Å²) in [5, 5.41) is 0. The summed E-state index contributed by atoms with van der Waals surface area (Å²) in [5.41, 5.74) is 9.10. The average molecular weight is 304 g/mol. The molecule has 0 amide bonds. The van der Waals surface area contributed by atoms with E-state index in [1.807, 2.05) is 24.3 Å². The van der Waals surface area contributed by atoms with Gasteiger partial charge in [0.1, 0.15) is 0 Å². The number of rotatable bonds is 3. The Morgan fingerprint density at radius 1 is 0.957 bits per heavy atom. The quantitative estimate of drug-likeness (QED) is 0.688. The van der Waals surface area contributed by atoms with E-state index in [4.69, 9.17) is 5.73 Å². The Morgan fingerprint density at radius 3 is 2.39 bits per heavy atom. The second-order valence-corrected chi connectivity index (χ2v) is 6.17. The van der Waals surface area contributed by atoms with Gasteiger partial charge in [0.05, 0.1) is 0 Å². The first kappa shape index (κ1) is 15.6. The molecule has 118 valence electrons. The van der Waals surface area contributed by atoms with Gasteiger partial charge in [-0.2, -0.15) is 0 Å². The first-order valence-electron chi connectivity index (χ1n) is 8.43. The van der Waals surface area contributed by atoms with Gasteiger partial charge in [-0.15, -0.1) is 0 Å². The molecule has 1 aliphatic rings. The molecule has 1 aliphatic heterocycles. The third-order valence-corrected chi connectivity index (χ3v) is 4.60. The fourth-order valence-corrected chi connectivity index (χ4v) is 3.20. The Labute approximate surface area is 139 Å². The molecule has 0 spiro atoms. The number of nitrogen functional groups attached to an aromatic ring is 1. The smallest absolute Gasteiger partial charge is 0.0474 e. The van der Waals surface area contributed by atoms with Crippen LogP contribution in [0.1, 0.15) is 36.3 Å². The maximum absolute atomic E-state index is 5.90. The van der Waals surface area contributed by atoms with Crippen molar-refractivity contribution in [3.05, 3.63) is 65.7 Å². The summed E-state index contributed by atoms with van der Waals surface area (Å²) < 4.78 is 0. The molecule has 2 aromatic carbocycles. The van der Waals surface area contributed by atoms with Gasteiger partial charge in [-0.05, 0) is 49.5 Å². The van der Waals surface area contributed by atoms with Crippen LogP contribution in [-0.2, 0) is 0 Å². The minimum Gasteiger partial charge on any atom is -0.398 e. The van der Waals surface area contributed by atoms with Gasteiger partial charge in [-0.3, -0.25) is 0 Å². The van der Waals surface area contributed by atoms with Crippen molar-refractivity contribution in [3.63, 3.8) is 0 Å². The van der Waals surface area contributed by atoms with Gasteiger partial charge in [0.2, 0.25) is 0 Å². The van der Waals surface area contributed by atoms with Crippen molar-refractivity contribution in [1.29, 1.82) is 0 Å². The molecule has 2 N–H and O–H groups in total. The Kier molecular flexibility index (Phi) is 5.34. The predicted molar refractivity (Wildman–Crippen MR) is 97.2 cm³/mol. The Bertz CT molecular complexity index is 674. The van der Waals surface area contributed by atoms with Crippen LogP contribution in [0.2, 0.25) is 0 Å². The normalized spacial score (nSPS) is 15.8. The number of hydrogen-bond donors (Lipinski definition) is 1. The fourth-order valence-electron chi connectivity index (χ4n) is 3.20. The van der Waals surface area contributed by atoms with Crippen molar-refractivity contribution >= 4 is 5.69 Å². The summed E-state index contributed by atoms with van der Waals surface area (Å²) in [6, 6.07) is 18.7. The number of hydrogen-bond acceptors (Lipinski definition) is 2. The molecule has 2 heteroatoms. The van der Waals surface area contributed by atoms with Gasteiger partial charge in [0, 0.05) is 24.2 Å². The van der Waals surface area contributed by atoms with Crippen LogP contribution in [0, 0.1) is 11.8 Å². The Morgan fingerprint density at radius 2 is 1.65 bits per heavy atom. The van der Waals surface area contributed by atoms with Crippen molar-refractivity contribution in [2.24, 2.45) is 0 Å². The summed E-state index contributed by atoms with van der Waals surface area (Å²) in [4.78, 5) is 2.53. The third kappa shape index (κ3) is 4.37. The number of benzene rings is 2. The number of para-hydroxylation sites is 1. The lowest BCUT2D eigenvalue weighted by molar-refractivity contribution is 0.217. The second-order valence-electron chi connectivity index (χ2n) is 6.17. The zero-order valence-electron chi connectivity index (χ0n) is 13.5. The molecule has 0 aliphatic carbocycles. The maximum Gasteiger partial charge on any atom is 0.0474 e. The molecule has 1 fully saturated rings. The summed E-state index contributed by atoms with van der Waals surface area (Å²) in [5.74, 6) is 7.17. The van der Waals surface area contributed by atoms with Gasteiger partial charge in [-0.1, -0.05) is 54.3 Å². The molecule has 0 radical (unpaired) electrons. The van der Waals surface area contributed by atoms with Crippen LogP contribution in [0.5, 0.6) is 0 Å². The second kappa shape index (κ2) is 7.85. The van der Waals surface area contributed by atoms with Crippen LogP contribution in [0.4, 0.5) is 5.69 Å². The van der Waals surface area contributed by atoms with E-state index in [0.717, 1.165) is 30.1 Å². The van der Waals surface area contributed by atoms with Gasteiger partial charge in [0.15, 0.2) is 0 Å².